The Kier molecular flexibility index (Phi) is 5.36. The second-order valence-electron chi connectivity index (χ2n) is 4.57. The molecule has 120 valence electrons. The van der Waals surface area contributed by atoms with E-state index in [1.165, 1.54) is 6.92 Å². The number of anilines is 2. The first-order valence-corrected chi connectivity index (χ1v) is 7.88. The van der Waals surface area contributed by atoms with Crippen molar-refractivity contribution in [2.75, 3.05) is 16.5 Å². The topological polar surface area (TPSA) is 95.5 Å². The molecule has 2 amide bonds. The molecule has 0 atom stereocenters. The summed E-state index contributed by atoms with van der Waals surface area (Å²) in [5.41, 5.74) is 0.779. The molecule has 1 aromatic carbocycles. The standard InChI is InChI=1S/C15H13ClN2O4S/c1-8-11(15(21)22)14(18-10(19)7-16)23-12(8)13(20)17-9-5-3-2-4-6-9/h2-6H,7H2,1H3,(H,17,20)(H,18,19)(H,21,22). The molecule has 0 spiro atoms. The summed E-state index contributed by atoms with van der Waals surface area (Å²) in [6.45, 7) is 1.52. The third kappa shape index (κ3) is 3.88. The maximum Gasteiger partial charge on any atom is 0.339 e. The van der Waals surface area contributed by atoms with Crippen LogP contribution in [0.15, 0.2) is 30.3 Å². The van der Waals surface area contributed by atoms with Crippen molar-refractivity contribution in [2.45, 2.75) is 6.92 Å². The molecule has 3 N–H and O–H groups in total. The smallest absolute Gasteiger partial charge is 0.339 e. The zero-order valence-electron chi connectivity index (χ0n) is 12.1. The van der Waals surface area contributed by atoms with Crippen LogP contribution in [-0.2, 0) is 4.79 Å². The lowest BCUT2D eigenvalue weighted by Crippen LogP contribution is -2.14. The zero-order chi connectivity index (χ0) is 17.0. The quantitative estimate of drug-likeness (QED) is 0.720. The minimum atomic E-state index is -1.22. The monoisotopic (exact) mass is 352 g/mol. The largest absolute Gasteiger partial charge is 0.478 e. The number of aromatic carboxylic acids is 1. The molecule has 0 fully saturated rings. The molecule has 0 aliphatic heterocycles. The normalized spacial score (nSPS) is 10.2. The number of rotatable bonds is 5. The van der Waals surface area contributed by atoms with Gasteiger partial charge in [-0.15, -0.1) is 22.9 Å². The van der Waals surface area contributed by atoms with Crippen molar-refractivity contribution in [1.29, 1.82) is 0 Å². The highest BCUT2D eigenvalue weighted by Gasteiger charge is 2.25. The van der Waals surface area contributed by atoms with Gasteiger partial charge < -0.3 is 15.7 Å². The van der Waals surface area contributed by atoms with Crippen LogP contribution in [0, 0.1) is 6.92 Å². The Labute approximate surface area is 141 Å². The molecule has 0 aliphatic rings. The van der Waals surface area contributed by atoms with E-state index >= 15 is 0 Å². The third-order valence-electron chi connectivity index (χ3n) is 2.97. The van der Waals surface area contributed by atoms with Gasteiger partial charge in [0, 0.05) is 5.69 Å². The van der Waals surface area contributed by atoms with E-state index in [2.05, 4.69) is 10.6 Å². The number of halogens is 1. The molecule has 0 saturated carbocycles. The van der Waals surface area contributed by atoms with Gasteiger partial charge in [0.15, 0.2) is 0 Å². The Morgan fingerprint density at radius 3 is 2.39 bits per heavy atom. The summed E-state index contributed by atoms with van der Waals surface area (Å²) in [4.78, 5) is 35.4. The molecular formula is C15H13ClN2O4S. The number of hydrogen-bond donors (Lipinski definition) is 3. The number of carbonyl (C=O) groups excluding carboxylic acids is 2. The summed E-state index contributed by atoms with van der Waals surface area (Å²) in [6.07, 6.45) is 0. The van der Waals surface area contributed by atoms with Gasteiger partial charge in [-0.25, -0.2) is 4.79 Å². The fourth-order valence-corrected chi connectivity index (χ4v) is 3.12. The Balaban J connectivity index is 2.35. The summed E-state index contributed by atoms with van der Waals surface area (Å²) in [6, 6.07) is 8.79. The number of nitrogens with one attached hydrogen (secondary N) is 2. The second-order valence-corrected chi connectivity index (χ2v) is 5.86. The molecule has 6 nitrogen and oxygen atoms in total. The lowest BCUT2D eigenvalue weighted by atomic mass is 10.1. The summed E-state index contributed by atoms with van der Waals surface area (Å²) in [5.74, 6) is -2.50. The van der Waals surface area contributed by atoms with Crippen molar-refractivity contribution >= 4 is 51.4 Å². The van der Waals surface area contributed by atoms with Gasteiger partial charge in [-0.2, -0.15) is 0 Å². The molecular weight excluding hydrogens is 340 g/mol. The zero-order valence-corrected chi connectivity index (χ0v) is 13.6. The van der Waals surface area contributed by atoms with Gasteiger partial charge in [-0.1, -0.05) is 18.2 Å². The van der Waals surface area contributed by atoms with Gasteiger partial charge in [0.2, 0.25) is 5.91 Å². The lowest BCUT2D eigenvalue weighted by Gasteiger charge is -2.03. The minimum Gasteiger partial charge on any atom is -0.478 e. The maximum atomic E-state index is 12.3. The van der Waals surface area contributed by atoms with Crippen LogP contribution in [0.1, 0.15) is 25.6 Å². The summed E-state index contributed by atoms with van der Waals surface area (Å²) < 4.78 is 0. The van der Waals surface area contributed by atoms with Crippen molar-refractivity contribution < 1.29 is 19.5 Å². The number of amides is 2. The number of alkyl halides is 1. The Morgan fingerprint density at radius 1 is 1.17 bits per heavy atom. The van der Waals surface area contributed by atoms with E-state index in [0.717, 1.165) is 11.3 Å². The van der Waals surface area contributed by atoms with E-state index in [1.807, 2.05) is 6.07 Å². The highest BCUT2D eigenvalue weighted by Crippen LogP contribution is 2.33. The van der Waals surface area contributed by atoms with Crippen LogP contribution in [0.5, 0.6) is 0 Å². The lowest BCUT2D eigenvalue weighted by molar-refractivity contribution is -0.113. The van der Waals surface area contributed by atoms with Crippen molar-refractivity contribution in [2.24, 2.45) is 0 Å². The number of carbonyl (C=O) groups is 3. The SMILES string of the molecule is Cc1c(C(=O)Nc2ccccc2)sc(NC(=O)CCl)c1C(=O)O. The molecule has 1 heterocycles. The first-order chi connectivity index (χ1) is 10.9. The molecule has 0 bridgehead atoms. The van der Waals surface area contributed by atoms with Gasteiger partial charge >= 0.3 is 5.97 Å². The third-order valence-corrected chi connectivity index (χ3v) is 4.42. The predicted molar refractivity (Wildman–Crippen MR) is 89.8 cm³/mol. The molecule has 0 aliphatic carbocycles. The van der Waals surface area contributed by atoms with E-state index in [9.17, 15) is 19.5 Å². The average molecular weight is 353 g/mol. The number of carboxylic acids is 1. The highest BCUT2D eigenvalue weighted by atomic mass is 35.5. The van der Waals surface area contributed by atoms with Crippen LogP contribution in [0.3, 0.4) is 0 Å². The Hall–Kier alpha value is -2.38. The molecule has 23 heavy (non-hydrogen) atoms. The van der Waals surface area contributed by atoms with Crippen LogP contribution in [0.2, 0.25) is 0 Å². The number of hydrogen-bond acceptors (Lipinski definition) is 4. The van der Waals surface area contributed by atoms with Crippen LogP contribution >= 0.6 is 22.9 Å². The maximum absolute atomic E-state index is 12.3. The second kappa shape index (κ2) is 7.26. The van der Waals surface area contributed by atoms with Gasteiger partial charge in [0.25, 0.3) is 5.91 Å². The first kappa shape index (κ1) is 17.0. The summed E-state index contributed by atoms with van der Waals surface area (Å²) >= 11 is 6.32. The van der Waals surface area contributed by atoms with Crippen molar-refractivity contribution in [3.63, 3.8) is 0 Å². The van der Waals surface area contributed by atoms with Gasteiger partial charge in [-0.05, 0) is 24.6 Å². The summed E-state index contributed by atoms with van der Waals surface area (Å²) in [5, 5.41) is 14.5. The van der Waals surface area contributed by atoms with Gasteiger partial charge in [0.05, 0.1) is 10.4 Å². The first-order valence-electron chi connectivity index (χ1n) is 6.53. The molecule has 8 heteroatoms. The summed E-state index contributed by atoms with van der Waals surface area (Å²) in [7, 11) is 0. The Bertz CT molecular complexity index is 758. The van der Waals surface area contributed by atoms with Crippen LogP contribution in [0.4, 0.5) is 10.7 Å². The highest BCUT2D eigenvalue weighted by molar-refractivity contribution is 7.19. The molecule has 0 saturated heterocycles. The minimum absolute atomic E-state index is 0.0962. The van der Waals surface area contributed by atoms with Crippen LogP contribution < -0.4 is 10.6 Å². The molecule has 0 radical (unpaired) electrons. The number of thiophene rings is 1. The fourth-order valence-electron chi connectivity index (χ4n) is 1.95. The molecule has 0 unspecified atom stereocenters. The van der Waals surface area contributed by atoms with E-state index < -0.39 is 17.8 Å². The number of benzene rings is 1. The molecule has 1 aromatic heterocycles. The van der Waals surface area contributed by atoms with Crippen molar-refractivity contribution in [1.82, 2.24) is 0 Å². The number of para-hydroxylation sites is 1. The predicted octanol–water partition coefficient (Wildman–Crippen LogP) is 3.18. The van der Waals surface area contributed by atoms with E-state index in [4.69, 9.17) is 11.6 Å². The Morgan fingerprint density at radius 2 is 1.83 bits per heavy atom. The van der Waals surface area contributed by atoms with Gasteiger partial charge in [0.1, 0.15) is 10.9 Å². The van der Waals surface area contributed by atoms with Gasteiger partial charge in [-0.3, -0.25) is 9.59 Å². The number of carboxylic acid groups (broad SMARTS) is 1. The van der Waals surface area contributed by atoms with Crippen molar-refractivity contribution in [3.05, 3.63) is 46.3 Å². The fraction of sp³-hybridized carbons (Fsp3) is 0.133. The van der Waals surface area contributed by atoms with E-state index in [1.54, 1.807) is 24.3 Å². The van der Waals surface area contributed by atoms with E-state index in [0.29, 0.717) is 11.3 Å². The van der Waals surface area contributed by atoms with E-state index in [-0.39, 0.29) is 21.3 Å². The van der Waals surface area contributed by atoms with Crippen LogP contribution in [0.25, 0.3) is 0 Å². The van der Waals surface area contributed by atoms with Crippen molar-refractivity contribution in [3.8, 4) is 0 Å². The molecule has 2 rings (SSSR count). The van der Waals surface area contributed by atoms with Crippen LogP contribution in [-0.4, -0.2) is 28.8 Å². The molecule has 2 aromatic rings. The average Bonchev–Trinajstić information content (AvgIpc) is 2.84.